The van der Waals surface area contributed by atoms with Gasteiger partial charge in [-0.25, -0.2) is 0 Å². The van der Waals surface area contributed by atoms with Crippen LogP contribution in [0.3, 0.4) is 0 Å². The van der Waals surface area contributed by atoms with Gasteiger partial charge < -0.3 is 19.4 Å². The van der Waals surface area contributed by atoms with Crippen LogP contribution in [-0.2, 0) is 16.8 Å². The van der Waals surface area contributed by atoms with Crippen molar-refractivity contribution >= 4 is 5.91 Å². The molecule has 0 aliphatic rings. The van der Waals surface area contributed by atoms with E-state index in [0.29, 0.717) is 36.7 Å². The lowest BCUT2D eigenvalue weighted by molar-refractivity contribution is -0.122. The van der Waals surface area contributed by atoms with Crippen molar-refractivity contribution < 1.29 is 18.8 Å². The molecule has 1 unspecified atom stereocenters. The first-order valence-corrected chi connectivity index (χ1v) is 7.22. The lowest BCUT2D eigenvalue weighted by Crippen LogP contribution is -2.38. The molecule has 0 aromatic carbocycles. The molecule has 120 valence electrons. The number of furan rings is 1. The lowest BCUT2D eigenvalue weighted by Gasteiger charge is -2.21. The van der Waals surface area contributed by atoms with Crippen molar-refractivity contribution in [1.82, 2.24) is 15.5 Å². The molecule has 7 nitrogen and oxygen atoms in total. The molecule has 0 bridgehead atoms. The molecule has 2 aromatic rings. The van der Waals surface area contributed by atoms with Crippen LogP contribution in [0.2, 0.25) is 0 Å². The van der Waals surface area contributed by atoms with Crippen molar-refractivity contribution in [2.45, 2.75) is 45.6 Å². The van der Waals surface area contributed by atoms with Crippen LogP contribution >= 0.6 is 0 Å². The topological polar surface area (TPSA) is 101 Å². The first-order valence-electron chi connectivity index (χ1n) is 7.22. The van der Waals surface area contributed by atoms with Crippen LogP contribution in [0, 0.1) is 13.8 Å². The van der Waals surface area contributed by atoms with Crippen molar-refractivity contribution in [1.29, 1.82) is 0 Å². The molecule has 2 heterocycles. The number of aromatic nitrogens is 2. The Bertz CT molecular complexity index is 630. The van der Waals surface area contributed by atoms with Gasteiger partial charge in [0.05, 0.1) is 6.54 Å². The van der Waals surface area contributed by atoms with E-state index >= 15 is 0 Å². The summed E-state index contributed by atoms with van der Waals surface area (Å²) in [5, 5.41) is 16.7. The normalized spacial score (nSPS) is 13.8. The minimum Gasteiger partial charge on any atom is -0.463 e. The fourth-order valence-corrected chi connectivity index (χ4v) is 2.01. The number of hydrogen-bond donors (Lipinski definition) is 2. The zero-order valence-electron chi connectivity index (χ0n) is 13.0. The highest BCUT2D eigenvalue weighted by Gasteiger charge is 2.27. The Kier molecular flexibility index (Phi) is 4.97. The van der Waals surface area contributed by atoms with E-state index in [9.17, 15) is 9.90 Å². The van der Waals surface area contributed by atoms with Crippen LogP contribution in [0.25, 0.3) is 0 Å². The Balaban J connectivity index is 1.73. The first-order chi connectivity index (χ1) is 10.4. The quantitative estimate of drug-likeness (QED) is 0.806. The van der Waals surface area contributed by atoms with E-state index < -0.39 is 5.60 Å². The smallest absolute Gasteiger partial charge is 0.226 e. The number of amides is 1. The fraction of sp³-hybridized carbons (Fsp3) is 0.533. The number of aliphatic hydroxyl groups is 1. The number of aryl methyl sites for hydroxylation is 3. The van der Waals surface area contributed by atoms with Crippen LogP contribution in [0.15, 0.2) is 21.1 Å². The minimum absolute atomic E-state index is 0.0957. The molecule has 0 spiro atoms. The van der Waals surface area contributed by atoms with Gasteiger partial charge in [-0.1, -0.05) is 5.16 Å². The number of nitrogens with one attached hydrogen (secondary N) is 1. The maximum absolute atomic E-state index is 11.8. The van der Waals surface area contributed by atoms with Gasteiger partial charge in [0.15, 0.2) is 5.82 Å². The summed E-state index contributed by atoms with van der Waals surface area (Å²) in [5.41, 5.74) is -1.23. The molecule has 7 heteroatoms. The van der Waals surface area contributed by atoms with E-state index in [0.717, 1.165) is 5.76 Å². The largest absolute Gasteiger partial charge is 0.463 e. The average Bonchev–Trinajstić information content (AvgIpc) is 3.06. The molecule has 22 heavy (non-hydrogen) atoms. The SMILES string of the molecule is Cc1noc(CCCC(=O)NCC(C)(O)c2ccc(C)o2)n1. The Labute approximate surface area is 128 Å². The Morgan fingerprint density at radius 3 is 2.77 bits per heavy atom. The minimum atomic E-state index is -1.23. The molecular weight excluding hydrogens is 286 g/mol. The van der Waals surface area contributed by atoms with E-state index in [1.54, 1.807) is 32.9 Å². The van der Waals surface area contributed by atoms with Gasteiger partial charge in [0, 0.05) is 12.8 Å². The highest BCUT2D eigenvalue weighted by molar-refractivity contribution is 5.75. The fourth-order valence-electron chi connectivity index (χ4n) is 2.01. The predicted molar refractivity (Wildman–Crippen MR) is 78.0 cm³/mol. The van der Waals surface area contributed by atoms with E-state index in [2.05, 4.69) is 15.5 Å². The summed E-state index contributed by atoms with van der Waals surface area (Å²) in [4.78, 5) is 15.9. The maximum atomic E-state index is 11.8. The van der Waals surface area contributed by atoms with E-state index in [1.165, 1.54) is 0 Å². The zero-order chi connectivity index (χ0) is 16.2. The van der Waals surface area contributed by atoms with Gasteiger partial charge in [0.2, 0.25) is 11.8 Å². The summed E-state index contributed by atoms with van der Waals surface area (Å²) in [5.74, 6) is 2.13. The zero-order valence-corrected chi connectivity index (χ0v) is 13.0. The molecule has 0 saturated carbocycles. The van der Waals surface area contributed by atoms with Gasteiger partial charge in [0.1, 0.15) is 17.1 Å². The summed E-state index contributed by atoms with van der Waals surface area (Å²) in [6, 6.07) is 3.48. The summed E-state index contributed by atoms with van der Waals surface area (Å²) < 4.78 is 10.4. The van der Waals surface area contributed by atoms with Crippen LogP contribution in [0.4, 0.5) is 0 Å². The first kappa shape index (κ1) is 16.2. The molecule has 1 atom stereocenters. The summed E-state index contributed by atoms with van der Waals surface area (Å²) in [6.07, 6.45) is 1.49. The van der Waals surface area contributed by atoms with Gasteiger partial charge in [-0.05, 0) is 39.3 Å². The van der Waals surface area contributed by atoms with Crippen molar-refractivity contribution in [3.63, 3.8) is 0 Å². The molecular formula is C15H21N3O4. The molecule has 0 radical (unpaired) electrons. The Morgan fingerprint density at radius 1 is 1.41 bits per heavy atom. The summed E-state index contributed by atoms with van der Waals surface area (Å²) in [7, 11) is 0. The molecule has 0 fully saturated rings. The average molecular weight is 307 g/mol. The Morgan fingerprint density at radius 2 is 2.18 bits per heavy atom. The van der Waals surface area contributed by atoms with Gasteiger partial charge in [-0.3, -0.25) is 4.79 Å². The van der Waals surface area contributed by atoms with Gasteiger partial charge in [-0.15, -0.1) is 0 Å². The number of nitrogens with zero attached hydrogens (tertiary/aromatic N) is 2. The maximum Gasteiger partial charge on any atom is 0.226 e. The molecule has 0 aliphatic heterocycles. The third-order valence-corrected chi connectivity index (χ3v) is 3.27. The van der Waals surface area contributed by atoms with Crippen LogP contribution in [-0.4, -0.2) is 27.7 Å². The molecule has 2 aromatic heterocycles. The van der Waals surface area contributed by atoms with Gasteiger partial charge >= 0.3 is 0 Å². The van der Waals surface area contributed by atoms with Crippen LogP contribution < -0.4 is 5.32 Å². The molecule has 0 saturated heterocycles. The standard InChI is InChI=1S/C15H21N3O4/c1-10-7-8-12(21-10)15(3,20)9-16-13(19)5-4-6-14-17-11(2)18-22-14/h7-8,20H,4-6,9H2,1-3H3,(H,16,19). The number of rotatable bonds is 7. The van der Waals surface area contributed by atoms with Crippen molar-refractivity contribution in [3.05, 3.63) is 35.4 Å². The number of carbonyl (C=O) groups excluding carboxylic acids is 1. The predicted octanol–water partition coefficient (Wildman–Crippen LogP) is 1.63. The van der Waals surface area contributed by atoms with Crippen LogP contribution in [0.5, 0.6) is 0 Å². The van der Waals surface area contributed by atoms with Crippen molar-refractivity contribution in [2.24, 2.45) is 0 Å². The van der Waals surface area contributed by atoms with Crippen molar-refractivity contribution in [3.8, 4) is 0 Å². The second-order valence-electron chi connectivity index (χ2n) is 5.55. The molecule has 1 amide bonds. The highest BCUT2D eigenvalue weighted by atomic mass is 16.5. The number of hydrogen-bond acceptors (Lipinski definition) is 6. The van der Waals surface area contributed by atoms with Crippen LogP contribution in [0.1, 0.15) is 43.0 Å². The summed E-state index contributed by atoms with van der Waals surface area (Å²) >= 11 is 0. The summed E-state index contributed by atoms with van der Waals surface area (Å²) in [6.45, 7) is 5.25. The third-order valence-electron chi connectivity index (χ3n) is 3.27. The van der Waals surface area contributed by atoms with E-state index in [4.69, 9.17) is 8.94 Å². The van der Waals surface area contributed by atoms with E-state index in [-0.39, 0.29) is 12.5 Å². The molecule has 0 aliphatic carbocycles. The van der Waals surface area contributed by atoms with Gasteiger partial charge in [-0.2, -0.15) is 4.98 Å². The second kappa shape index (κ2) is 6.74. The van der Waals surface area contributed by atoms with Gasteiger partial charge in [0.25, 0.3) is 0 Å². The second-order valence-corrected chi connectivity index (χ2v) is 5.55. The lowest BCUT2D eigenvalue weighted by atomic mass is 10.0. The molecule has 2 N–H and O–H groups in total. The molecule has 2 rings (SSSR count). The monoisotopic (exact) mass is 307 g/mol. The van der Waals surface area contributed by atoms with E-state index in [1.807, 2.05) is 0 Å². The van der Waals surface area contributed by atoms with Crippen molar-refractivity contribution in [2.75, 3.05) is 6.54 Å². The third kappa shape index (κ3) is 4.42. The Hall–Kier alpha value is -2.15. The highest BCUT2D eigenvalue weighted by Crippen LogP contribution is 2.21. The number of carbonyl (C=O) groups is 1.